The largest absolute Gasteiger partial charge is 0.366 e. The predicted octanol–water partition coefficient (Wildman–Crippen LogP) is 1.69. The molecular formula is C11H13N3OS. The molecule has 0 bridgehead atoms. The highest BCUT2D eigenvalue weighted by molar-refractivity contribution is 8.14. The van der Waals surface area contributed by atoms with Gasteiger partial charge in [-0.25, -0.2) is 0 Å². The van der Waals surface area contributed by atoms with Gasteiger partial charge in [-0.15, -0.1) is 0 Å². The monoisotopic (exact) mass is 235 g/mol. The van der Waals surface area contributed by atoms with Crippen LogP contribution in [-0.2, 0) is 0 Å². The Bertz CT molecular complexity index is 445. The fourth-order valence-corrected chi connectivity index (χ4v) is 2.33. The van der Waals surface area contributed by atoms with Crippen molar-refractivity contribution in [3.8, 4) is 0 Å². The number of nitrogens with one attached hydrogen (secondary N) is 1. The Hall–Kier alpha value is -1.49. The van der Waals surface area contributed by atoms with Crippen LogP contribution in [0.5, 0.6) is 0 Å². The van der Waals surface area contributed by atoms with E-state index in [0.29, 0.717) is 11.6 Å². The maximum Gasteiger partial charge on any atom is 0.248 e. The number of anilines is 1. The van der Waals surface area contributed by atoms with E-state index < -0.39 is 5.91 Å². The maximum atomic E-state index is 11.0. The predicted molar refractivity (Wildman–Crippen MR) is 67.9 cm³/mol. The Balaban J connectivity index is 2.13. The number of primary amides is 1. The summed E-state index contributed by atoms with van der Waals surface area (Å²) in [6, 6.07) is 7.46. The van der Waals surface area contributed by atoms with E-state index in [0.717, 1.165) is 16.6 Å². The van der Waals surface area contributed by atoms with E-state index in [-0.39, 0.29) is 0 Å². The molecule has 0 saturated carbocycles. The number of carbonyl (C=O) groups excluding carboxylic acids is 1. The molecule has 0 radical (unpaired) electrons. The second kappa shape index (κ2) is 4.57. The molecular weight excluding hydrogens is 222 g/mol. The fourth-order valence-electron chi connectivity index (χ4n) is 1.42. The molecule has 1 atom stereocenters. The number of carbonyl (C=O) groups is 1. The van der Waals surface area contributed by atoms with E-state index in [4.69, 9.17) is 5.73 Å². The third-order valence-electron chi connectivity index (χ3n) is 2.20. The molecule has 1 aliphatic heterocycles. The first-order valence-corrected chi connectivity index (χ1v) is 6.01. The van der Waals surface area contributed by atoms with Crippen molar-refractivity contribution in [2.75, 3.05) is 11.1 Å². The highest BCUT2D eigenvalue weighted by Gasteiger charge is 2.13. The van der Waals surface area contributed by atoms with Crippen molar-refractivity contribution in [2.45, 2.75) is 13.0 Å². The molecule has 84 valence electrons. The van der Waals surface area contributed by atoms with Gasteiger partial charge in [0, 0.05) is 17.0 Å². The number of thioether (sulfide) groups is 1. The van der Waals surface area contributed by atoms with Crippen LogP contribution in [0, 0.1) is 0 Å². The highest BCUT2D eigenvalue weighted by atomic mass is 32.2. The zero-order valence-corrected chi connectivity index (χ0v) is 9.75. The smallest absolute Gasteiger partial charge is 0.248 e. The molecule has 0 aromatic heterocycles. The van der Waals surface area contributed by atoms with Gasteiger partial charge in [-0.05, 0) is 25.1 Å². The van der Waals surface area contributed by atoms with Gasteiger partial charge < -0.3 is 11.1 Å². The average Bonchev–Trinajstić information content (AvgIpc) is 2.64. The number of benzene rings is 1. The molecule has 1 unspecified atom stereocenters. The van der Waals surface area contributed by atoms with E-state index in [2.05, 4.69) is 17.2 Å². The van der Waals surface area contributed by atoms with Gasteiger partial charge in [0.2, 0.25) is 5.91 Å². The minimum atomic E-state index is -0.418. The first-order valence-electron chi connectivity index (χ1n) is 5.02. The number of nitrogens with two attached hydrogens (primary N) is 1. The lowest BCUT2D eigenvalue weighted by atomic mass is 10.2. The molecule has 1 aliphatic rings. The van der Waals surface area contributed by atoms with Crippen molar-refractivity contribution in [3.05, 3.63) is 29.8 Å². The van der Waals surface area contributed by atoms with Gasteiger partial charge in [-0.2, -0.15) is 0 Å². The third-order valence-corrected chi connectivity index (χ3v) is 3.33. The normalized spacial score (nSPS) is 19.3. The molecule has 2 rings (SSSR count). The van der Waals surface area contributed by atoms with E-state index >= 15 is 0 Å². The number of rotatable bonds is 2. The first kappa shape index (κ1) is 11.0. The summed E-state index contributed by atoms with van der Waals surface area (Å²) < 4.78 is 0. The third kappa shape index (κ3) is 2.55. The molecule has 1 aromatic rings. The van der Waals surface area contributed by atoms with Crippen molar-refractivity contribution in [1.29, 1.82) is 0 Å². The molecule has 16 heavy (non-hydrogen) atoms. The van der Waals surface area contributed by atoms with Crippen molar-refractivity contribution >= 4 is 28.5 Å². The van der Waals surface area contributed by atoms with Gasteiger partial charge in [0.1, 0.15) is 0 Å². The van der Waals surface area contributed by atoms with E-state index in [1.54, 1.807) is 30.0 Å². The van der Waals surface area contributed by atoms with Crippen molar-refractivity contribution in [3.63, 3.8) is 0 Å². The number of amidine groups is 1. The van der Waals surface area contributed by atoms with Crippen LogP contribution in [0.15, 0.2) is 29.3 Å². The zero-order valence-electron chi connectivity index (χ0n) is 8.93. The fraction of sp³-hybridized carbons (Fsp3) is 0.273. The molecule has 0 fully saturated rings. The Morgan fingerprint density at radius 1 is 1.62 bits per heavy atom. The standard InChI is InChI=1S/C11H13N3OS/c1-7-6-16-11(13-7)14-9-4-2-3-8(5-9)10(12)15/h2-5,7H,6H2,1H3,(H2,12,15)(H,13,14). The lowest BCUT2D eigenvalue weighted by Crippen LogP contribution is -2.12. The summed E-state index contributed by atoms with van der Waals surface area (Å²) in [4.78, 5) is 15.4. The van der Waals surface area contributed by atoms with Crippen molar-refractivity contribution in [2.24, 2.45) is 10.7 Å². The Kier molecular flexibility index (Phi) is 3.14. The topological polar surface area (TPSA) is 67.5 Å². The van der Waals surface area contributed by atoms with Crippen molar-refractivity contribution < 1.29 is 4.79 Å². The number of nitrogens with zero attached hydrogens (tertiary/aromatic N) is 1. The SMILES string of the molecule is CC1CSC(Nc2cccc(C(N)=O)c2)=N1. The van der Waals surface area contributed by atoms with E-state index in [1.165, 1.54) is 0 Å². The van der Waals surface area contributed by atoms with Crippen LogP contribution < -0.4 is 11.1 Å². The molecule has 1 heterocycles. The molecule has 1 aromatic carbocycles. The number of hydrogen-bond acceptors (Lipinski definition) is 4. The van der Waals surface area contributed by atoms with Gasteiger partial charge in [0.25, 0.3) is 0 Å². The molecule has 0 saturated heterocycles. The Morgan fingerprint density at radius 3 is 3.06 bits per heavy atom. The van der Waals surface area contributed by atoms with E-state index in [1.807, 2.05) is 6.07 Å². The molecule has 0 aliphatic carbocycles. The molecule has 4 nitrogen and oxygen atoms in total. The minimum Gasteiger partial charge on any atom is -0.366 e. The van der Waals surface area contributed by atoms with Gasteiger partial charge >= 0.3 is 0 Å². The summed E-state index contributed by atoms with van der Waals surface area (Å²) in [5, 5.41) is 4.07. The number of amides is 1. The van der Waals surface area contributed by atoms with Crippen LogP contribution in [0.25, 0.3) is 0 Å². The highest BCUT2D eigenvalue weighted by Crippen LogP contribution is 2.20. The van der Waals surface area contributed by atoms with Crippen LogP contribution in [0.2, 0.25) is 0 Å². The minimum absolute atomic E-state index is 0.354. The van der Waals surface area contributed by atoms with Gasteiger partial charge in [-0.3, -0.25) is 9.79 Å². The van der Waals surface area contributed by atoms with Gasteiger partial charge in [-0.1, -0.05) is 17.8 Å². The first-order chi connectivity index (χ1) is 7.65. The number of hydrogen-bond donors (Lipinski definition) is 2. The maximum absolute atomic E-state index is 11.0. The van der Waals surface area contributed by atoms with Crippen LogP contribution in [-0.4, -0.2) is 22.9 Å². The van der Waals surface area contributed by atoms with Crippen LogP contribution in [0.1, 0.15) is 17.3 Å². The quantitative estimate of drug-likeness (QED) is 0.819. The average molecular weight is 235 g/mol. The number of aliphatic imine (C=N–C) groups is 1. The summed E-state index contributed by atoms with van der Waals surface area (Å²) in [5.74, 6) is 0.579. The van der Waals surface area contributed by atoms with Crippen LogP contribution in [0.4, 0.5) is 5.69 Å². The summed E-state index contributed by atoms with van der Waals surface area (Å²) in [5.41, 5.74) is 6.56. The second-order valence-corrected chi connectivity index (χ2v) is 4.67. The molecule has 0 spiro atoms. The second-order valence-electron chi connectivity index (χ2n) is 3.66. The van der Waals surface area contributed by atoms with Crippen LogP contribution >= 0.6 is 11.8 Å². The molecule has 1 amide bonds. The van der Waals surface area contributed by atoms with Gasteiger partial charge in [0.05, 0.1) is 6.04 Å². The molecule has 5 heteroatoms. The van der Waals surface area contributed by atoms with Gasteiger partial charge in [0.15, 0.2) is 5.17 Å². The summed E-state index contributed by atoms with van der Waals surface area (Å²) in [6.07, 6.45) is 0. The zero-order chi connectivity index (χ0) is 11.5. The summed E-state index contributed by atoms with van der Waals surface area (Å²) in [6.45, 7) is 2.07. The lowest BCUT2D eigenvalue weighted by Gasteiger charge is -2.05. The Morgan fingerprint density at radius 2 is 2.44 bits per heavy atom. The summed E-state index contributed by atoms with van der Waals surface area (Å²) >= 11 is 1.68. The van der Waals surface area contributed by atoms with Crippen LogP contribution in [0.3, 0.4) is 0 Å². The lowest BCUT2D eigenvalue weighted by molar-refractivity contribution is 0.100. The molecule has 3 N–H and O–H groups in total. The Labute approximate surface area is 98.3 Å². The van der Waals surface area contributed by atoms with E-state index in [9.17, 15) is 4.79 Å². The summed E-state index contributed by atoms with van der Waals surface area (Å²) in [7, 11) is 0. The van der Waals surface area contributed by atoms with Crippen molar-refractivity contribution in [1.82, 2.24) is 0 Å².